The number of ether oxygens (including phenoxy) is 1. The summed E-state index contributed by atoms with van der Waals surface area (Å²) in [5.74, 6) is 1.93. The van der Waals surface area contributed by atoms with E-state index in [9.17, 15) is 0 Å². The van der Waals surface area contributed by atoms with Crippen LogP contribution < -0.4 is 5.32 Å². The molecule has 110 valence electrons. The first kappa shape index (κ1) is 16.3. The molecular weight excluding hydrogens is 238 g/mol. The molecule has 0 saturated heterocycles. The van der Waals surface area contributed by atoms with E-state index in [2.05, 4.69) is 19.2 Å². The molecule has 0 aliphatic heterocycles. The summed E-state index contributed by atoms with van der Waals surface area (Å²) < 4.78 is 11.3. The van der Waals surface area contributed by atoms with Crippen molar-refractivity contribution in [3.8, 4) is 0 Å². The second-order valence-corrected chi connectivity index (χ2v) is 5.01. The molecule has 0 atom stereocenters. The van der Waals surface area contributed by atoms with Gasteiger partial charge in [0.25, 0.3) is 0 Å². The molecule has 1 aromatic rings. The molecule has 3 nitrogen and oxygen atoms in total. The Kier molecular flexibility index (Phi) is 9.46. The summed E-state index contributed by atoms with van der Waals surface area (Å²) in [5.41, 5.74) is 0. The molecule has 1 heterocycles. The van der Waals surface area contributed by atoms with Crippen LogP contribution in [0.25, 0.3) is 0 Å². The molecule has 0 spiro atoms. The average molecular weight is 267 g/mol. The third-order valence-corrected chi connectivity index (χ3v) is 3.08. The number of unbranched alkanes of at least 4 members (excludes halogenated alkanes) is 4. The molecule has 0 aromatic carbocycles. The molecule has 0 aliphatic carbocycles. The van der Waals surface area contributed by atoms with Gasteiger partial charge in [-0.1, -0.05) is 39.5 Å². The van der Waals surface area contributed by atoms with Crippen molar-refractivity contribution in [2.45, 2.75) is 65.5 Å². The Bertz CT molecular complexity index is 309. The summed E-state index contributed by atoms with van der Waals surface area (Å²) in [6.07, 6.45) is 7.54. The average Bonchev–Trinajstić information content (AvgIpc) is 2.86. The zero-order valence-corrected chi connectivity index (χ0v) is 12.5. The zero-order chi connectivity index (χ0) is 13.8. The van der Waals surface area contributed by atoms with E-state index in [0.29, 0.717) is 6.61 Å². The van der Waals surface area contributed by atoms with Gasteiger partial charge in [0.1, 0.15) is 18.1 Å². The minimum atomic E-state index is 0.599. The molecule has 0 bridgehead atoms. The molecule has 0 saturated carbocycles. The zero-order valence-electron chi connectivity index (χ0n) is 12.5. The van der Waals surface area contributed by atoms with Crippen molar-refractivity contribution < 1.29 is 9.15 Å². The lowest BCUT2D eigenvalue weighted by molar-refractivity contribution is 0.101. The molecule has 0 radical (unpaired) electrons. The predicted molar refractivity (Wildman–Crippen MR) is 79.1 cm³/mol. The van der Waals surface area contributed by atoms with Gasteiger partial charge in [-0.05, 0) is 31.5 Å². The third-order valence-electron chi connectivity index (χ3n) is 3.08. The van der Waals surface area contributed by atoms with Crippen LogP contribution in [0.3, 0.4) is 0 Å². The highest BCUT2D eigenvalue weighted by atomic mass is 16.5. The summed E-state index contributed by atoms with van der Waals surface area (Å²) in [5, 5.41) is 3.33. The van der Waals surface area contributed by atoms with Gasteiger partial charge in [0.2, 0.25) is 0 Å². The largest absolute Gasteiger partial charge is 0.462 e. The van der Waals surface area contributed by atoms with Crippen molar-refractivity contribution in [2.24, 2.45) is 0 Å². The molecule has 1 aromatic heterocycles. The summed E-state index contributed by atoms with van der Waals surface area (Å²) in [7, 11) is 0. The maximum atomic E-state index is 5.69. The van der Waals surface area contributed by atoms with Crippen molar-refractivity contribution in [2.75, 3.05) is 13.2 Å². The highest BCUT2D eigenvalue weighted by molar-refractivity contribution is 5.06. The van der Waals surface area contributed by atoms with E-state index in [0.717, 1.165) is 44.1 Å². The summed E-state index contributed by atoms with van der Waals surface area (Å²) >= 11 is 0. The lowest BCUT2D eigenvalue weighted by Gasteiger charge is -2.02. The summed E-state index contributed by atoms with van der Waals surface area (Å²) in [6, 6.07) is 4.04. The van der Waals surface area contributed by atoms with Gasteiger partial charge in [-0.15, -0.1) is 0 Å². The van der Waals surface area contributed by atoms with E-state index in [-0.39, 0.29) is 0 Å². The second kappa shape index (κ2) is 11.1. The first-order valence-corrected chi connectivity index (χ1v) is 7.72. The van der Waals surface area contributed by atoms with Crippen LogP contribution >= 0.6 is 0 Å². The Morgan fingerprint density at radius 3 is 2.58 bits per heavy atom. The smallest absolute Gasteiger partial charge is 0.129 e. The van der Waals surface area contributed by atoms with Gasteiger partial charge in [0, 0.05) is 6.61 Å². The van der Waals surface area contributed by atoms with Crippen LogP contribution in [0.2, 0.25) is 0 Å². The Morgan fingerprint density at radius 1 is 1.00 bits per heavy atom. The van der Waals surface area contributed by atoms with E-state index in [1.807, 2.05) is 12.1 Å². The van der Waals surface area contributed by atoms with Crippen LogP contribution in [0.1, 0.15) is 63.9 Å². The van der Waals surface area contributed by atoms with E-state index in [4.69, 9.17) is 9.15 Å². The van der Waals surface area contributed by atoms with Crippen molar-refractivity contribution in [1.29, 1.82) is 0 Å². The molecule has 1 rings (SSSR count). The SMILES string of the molecule is CCCCCCCOCc1ccc(CNCCC)o1. The fourth-order valence-electron chi connectivity index (χ4n) is 1.96. The van der Waals surface area contributed by atoms with Gasteiger partial charge in [-0.25, -0.2) is 0 Å². The second-order valence-electron chi connectivity index (χ2n) is 5.01. The van der Waals surface area contributed by atoms with Crippen molar-refractivity contribution in [3.05, 3.63) is 23.7 Å². The van der Waals surface area contributed by atoms with Crippen LogP contribution in [0.15, 0.2) is 16.5 Å². The molecule has 19 heavy (non-hydrogen) atoms. The van der Waals surface area contributed by atoms with Crippen LogP contribution in [-0.2, 0) is 17.9 Å². The van der Waals surface area contributed by atoms with E-state index < -0.39 is 0 Å². The van der Waals surface area contributed by atoms with Crippen LogP contribution in [0.4, 0.5) is 0 Å². The lowest BCUT2D eigenvalue weighted by Crippen LogP contribution is -2.13. The molecular formula is C16H29NO2. The van der Waals surface area contributed by atoms with Crippen molar-refractivity contribution in [3.63, 3.8) is 0 Å². The summed E-state index contributed by atoms with van der Waals surface area (Å²) in [6.45, 7) is 7.68. The van der Waals surface area contributed by atoms with Crippen molar-refractivity contribution >= 4 is 0 Å². The Hall–Kier alpha value is -0.800. The van der Waals surface area contributed by atoms with Gasteiger partial charge >= 0.3 is 0 Å². The standard InChI is InChI=1S/C16H29NO2/c1-3-5-6-7-8-12-18-14-16-10-9-15(19-16)13-17-11-4-2/h9-10,17H,3-8,11-14H2,1-2H3. The molecule has 0 amide bonds. The van der Waals surface area contributed by atoms with E-state index in [1.54, 1.807) is 0 Å². The molecule has 3 heteroatoms. The Morgan fingerprint density at radius 2 is 1.79 bits per heavy atom. The molecule has 1 N–H and O–H groups in total. The third kappa shape index (κ3) is 8.06. The number of hydrogen-bond acceptors (Lipinski definition) is 3. The topological polar surface area (TPSA) is 34.4 Å². The number of furan rings is 1. The number of nitrogens with one attached hydrogen (secondary N) is 1. The van der Waals surface area contributed by atoms with Gasteiger partial charge < -0.3 is 14.5 Å². The van der Waals surface area contributed by atoms with Crippen LogP contribution in [0, 0.1) is 0 Å². The maximum Gasteiger partial charge on any atom is 0.129 e. The van der Waals surface area contributed by atoms with Gasteiger partial charge in [-0.3, -0.25) is 0 Å². The van der Waals surface area contributed by atoms with Gasteiger partial charge in [0.15, 0.2) is 0 Å². The fraction of sp³-hybridized carbons (Fsp3) is 0.750. The highest BCUT2D eigenvalue weighted by Gasteiger charge is 2.01. The van der Waals surface area contributed by atoms with Crippen molar-refractivity contribution in [1.82, 2.24) is 5.32 Å². The summed E-state index contributed by atoms with van der Waals surface area (Å²) in [4.78, 5) is 0. The molecule has 0 unspecified atom stereocenters. The number of rotatable bonds is 12. The monoisotopic (exact) mass is 267 g/mol. The fourth-order valence-corrected chi connectivity index (χ4v) is 1.96. The highest BCUT2D eigenvalue weighted by Crippen LogP contribution is 2.10. The first-order chi connectivity index (χ1) is 9.36. The molecule has 0 aliphatic rings. The predicted octanol–water partition coefficient (Wildman–Crippen LogP) is 4.27. The van der Waals surface area contributed by atoms with Crippen LogP contribution in [-0.4, -0.2) is 13.2 Å². The maximum absolute atomic E-state index is 5.69. The minimum Gasteiger partial charge on any atom is -0.462 e. The van der Waals surface area contributed by atoms with E-state index >= 15 is 0 Å². The van der Waals surface area contributed by atoms with Crippen LogP contribution in [0.5, 0.6) is 0 Å². The first-order valence-electron chi connectivity index (χ1n) is 7.72. The normalized spacial score (nSPS) is 11.1. The number of hydrogen-bond donors (Lipinski definition) is 1. The Labute approximate surface area is 117 Å². The van der Waals surface area contributed by atoms with E-state index in [1.165, 1.54) is 25.7 Å². The quantitative estimate of drug-likeness (QED) is 0.574. The van der Waals surface area contributed by atoms with Gasteiger partial charge in [-0.2, -0.15) is 0 Å². The lowest BCUT2D eigenvalue weighted by atomic mass is 10.2. The molecule has 0 fully saturated rings. The Balaban J connectivity index is 2.03. The van der Waals surface area contributed by atoms with Gasteiger partial charge in [0.05, 0.1) is 6.54 Å². The minimum absolute atomic E-state index is 0.599.